The minimum absolute atomic E-state index is 0.135. The number of carbonyl (C=O) groups excluding carboxylic acids is 1. The van der Waals surface area contributed by atoms with Crippen LogP contribution in [-0.2, 0) is 11.3 Å². The van der Waals surface area contributed by atoms with Crippen molar-refractivity contribution in [1.29, 1.82) is 0 Å². The Bertz CT molecular complexity index is 542. The predicted molar refractivity (Wildman–Crippen MR) is 73.8 cm³/mol. The SMILES string of the molecule is O=C(Nc1ccc(NCc2ccco2)cc1)C1CC1. The number of hydrogen-bond acceptors (Lipinski definition) is 3. The van der Waals surface area contributed by atoms with Gasteiger partial charge in [0.1, 0.15) is 5.76 Å². The number of carbonyl (C=O) groups is 1. The van der Waals surface area contributed by atoms with Gasteiger partial charge in [-0.25, -0.2) is 0 Å². The molecule has 2 aromatic rings. The van der Waals surface area contributed by atoms with Crippen molar-refractivity contribution in [3.05, 3.63) is 48.4 Å². The van der Waals surface area contributed by atoms with E-state index in [1.165, 1.54) is 0 Å². The highest BCUT2D eigenvalue weighted by Gasteiger charge is 2.29. The van der Waals surface area contributed by atoms with Gasteiger partial charge in [-0.1, -0.05) is 0 Å². The maximum atomic E-state index is 11.6. The summed E-state index contributed by atoms with van der Waals surface area (Å²) in [5.41, 5.74) is 1.85. The van der Waals surface area contributed by atoms with E-state index in [-0.39, 0.29) is 11.8 Å². The molecule has 1 saturated carbocycles. The first-order chi connectivity index (χ1) is 9.31. The minimum Gasteiger partial charge on any atom is -0.467 e. The Morgan fingerprint density at radius 3 is 2.53 bits per heavy atom. The number of hydrogen-bond donors (Lipinski definition) is 2. The normalized spacial score (nSPS) is 14.1. The van der Waals surface area contributed by atoms with Crippen LogP contribution in [-0.4, -0.2) is 5.91 Å². The van der Waals surface area contributed by atoms with Gasteiger partial charge in [0.25, 0.3) is 0 Å². The molecule has 0 saturated heterocycles. The van der Waals surface area contributed by atoms with E-state index in [1.807, 2.05) is 36.4 Å². The first-order valence-electron chi connectivity index (χ1n) is 6.48. The van der Waals surface area contributed by atoms with E-state index in [9.17, 15) is 4.79 Å². The number of amides is 1. The number of nitrogens with one attached hydrogen (secondary N) is 2. The molecule has 3 rings (SSSR count). The van der Waals surface area contributed by atoms with Crippen LogP contribution in [0.25, 0.3) is 0 Å². The average Bonchev–Trinajstić information content (AvgIpc) is 3.16. The molecule has 2 N–H and O–H groups in total. The van der Waals surface area contributed by atoms with E-state index >= 15 is 0 Å². The van der Waals surface area contributed by atoms with Crippen LogP contribution in [0.15, 0.2) is 47.1 Å². The van der Waals surface area contributed by atoms with Crippen molar-refractivity contribution in [3.63, 3.8) is 0 Å². The van der Waals surface area contributed by atoms with Gasteiger partial charge in [-0.15, -0.1) is 0 Å². The first kappa shape index (κ1) is 11.8. The zero-order chi connectivity index (χ0) is 13.1. The van der Waals surface area contributed by atoms with Gasteiger partial charge in [-0.05, 0) is 49.2 Å². The largest absolute Gasteiger partial charge is 0.467 e. The summed E-state index contributed by atoms with van der Waals surface area (Å²) in [5, 5.41) is 6.17. The van der Waals surface area contributed by atoms with E-state index in [0.717, 1.165) is 30.0 Å². The molecular formula is C15H16N2O2. The Hall–Kier alpha value is -2.23. The fraction of sp³-hybridized carbons (Fsp3) is 0.267. The van der Waals surface area contributed by atoms with Gasteiger partial charge in [0.15, 0.2) is 0 Å². The third kappa shape index (κ3) is 3.16. The molecule has 1 heterocycles. The van der Waals surface area contributed by atoms with E-state index in [1.54, 1.807) is 6.26 Å². The maximum Gasteiger partial charge on any atom is 0.227 e. The molecule has 0 radical (unpaired) electrons. The highest BCUT2D eigenvalue weighted by atomic mass is 16.3. The fourth-order valence-corrected chi connectivity index (χ4v) is 1.86. The highest BCUT2D eigenvalue weighted by Crippen LogP contribution is 2.30. The standard InChI is InChI=1S/C15H16N2O2/c18-15(11-3-4-11)17-13-7-5-12(6-8-13)16-10-14-2-1-9-19-14/h1-2,5-9,11,16H,3-4,10H2,(H,17,18). The molecule has 1 amide bonds. The summed E-state index contributed by atoms with van der Waals surface area (Å²) in [6.45, 7) is 0.654. The molecule has 1 aromatic heterocycles. The van der Waals surface area contributed by atoms with Crippen molar-refractivity contribution < 1.29 is 9.21 Å². The van der Waals surface area contributed by atoms with Crippen LogP contribution in [0.3, 0.4) is 0 Å². The third-order valence-electron chi connectivity index (χ3n) is 3.15. The highest BCUT2D eigenvalue weighted by molar-refractivity contribution is 5.94. The Kier molecular flexibility index (Phi) is 3.23. The second-order valence-corrected chi connectivity index (χ2v) is 4.77. The summed E-state index contributed by atoms with van der Waals surface area (Å²) in [6.07, 6.45) is 3.71. The number of benzene rings is 1. The molecular weight excluding hydrogens is 240 g/mol. The van der Waals surface area contributed by atoms with Gasteiger partial charge in [0.2, 0.25) is 5.91 Å². The second-order valence-electron chi connectivity index (χ2n) is 4.77. The molecule has 19 heavy (non-hydrogen) atoms. The van der Waals surface area contributed by atoms with Crippen molar-refractivity contribution in [2.75, 3.05) is 10.6 Å². The smallest absolute Gasteiger partial charge is 0.227 e. The first-order valence-corrected chi connectivity index (χ1v) is 6.48. The molecule has 98 valence electrons. The Balaban J connectivity index is 1.54. The van der Waals surface area contributed by atoms with Crippen LogP contribution in [0.1, 0.15) is 18.6 Å². The van der Waals surface area contributed by atoms with Gasteiger partial charge in [0.05, 0.1) is 12.8 Å². The fourth-order valence-electron chi connectivity index (χ4n) is 1.86. The van der Waals surface area contributed by atoms with Crippen molar-refractivity contribution in [2.24, 2.45) is 5.92 Å². The number of rotatable bonds is 5. The summed E-state index contributed by atoms with van der Waals surface area (Å²) < 4.78 is 5.25. The Morgan fingerprint density at radius 2 is 1.89 bits per heavy atom. The van der Waals surface area contributed by atoms with Gasteiger partial charge in [-0.3, -0.25) is 4.79 Å². The van der Waals surface area contributed by atoms with Crippen LogP contribution in [0, 0.1) is 5.92 Å². The zero-order valence-corrected chi connectivity index (χ0v) is 10.6. The average molecular weight is 256 g/mol. The summed E-state index contributed by atoms with van der Waals surface area (Å²) in [4.78, 5) is 11.6. The van der Waals surface area contributed by atoms with Crippen molar-refractivity contribution in [3.8, 4) is 0 Å². The Morgan fingerprint density at radius 1 is 1.16 bits per heavy atom. The molecule has 4 heteroatoms. The molecule has 1 aliphatic carbocycles. The molecule has 0 unspecified atom stereocenters. The van der Waals surface area contributed by atoms with Crippen LogP contribution >= 0.6 is 0 Å². The lowest BCUT2D eigenvalue weighted by atomic mass is 10.2. The van der Waals surface area contributed by atoms with Gasteiger partial charge < -0.3 is 15.1 Å². The monoisotopic (exact) mass is 256 g/mol. The molecule has 0 bridgehead atoms. The lowest BCUT2D eigenvalue weighted by molar-refractivity contribution is -0.117. The molecule has 0 atom stereocenters. The summed E-state index contributed by atoms with van der Waals surface area (Å²) >= 11 is 0. The van der Waals surface area contributed by atoms with Gasteiger partial charge in [0, 0.05) is 17.3 Å². The molecule has 0 aliphatic heterocycles. The summed E-state index contributed by atoms with van der Waals surface area (Å²) in [6, 6.07) is 11.5. The summed E-state index contributed by atoms with van der Waals surface area (Å²) in [7, 11) is 0. The van der Waals surface area contributed by atoms with Crippen molar-refractivity contribution in [1.82, 2.24) is 0 Å². The van der Waals surface area contributed by atoms with Gasteiger partial charge in [-0.2, -0.15) is 0 Å². The second kappa shape index (κ2) is 5.18. The minimum atomic E-state index is 0.135. The van der Waals surface area contributed by atoms with Crippen LogP contribution < -0.4 is 10.6 Å². The quantitative estimate of drug-likeness (QED) is 0.863. The topological polar surface area (TPSA) is 54.3 Å². The zero-order valence-electron chi connectivity index (χ0n) is 10.6. The Labute approximate surface area is 111 Å². The maximum absolute atomic E-state index is 11.6. The predicted octanol–water partition coefficient (Wildman–Crippen LogP) is 3.24. The lowest BCUT2D eigenvalue weighted by Crippen LogP contribution is -2.13. The molecule has 1 aromatic carbocycles. The van der Waals surface area contributed by atoms with Gasteiger partial charge >= 0.3 is 0 Å². The van der Waals surface area contributed by atoms with Crippen molar-refractivity contribution >= 4 is 17.3 Å². The molecule has 4 nitrogen and oxygen atoms in total. The van der Waals surface area contributed by atoms with Crippen LogP contribution in [0.2, 0.25) is 0 Å². The third-order valence-corrected chi connectivity index (χ3v) is 3.15. The summed E-state index contributed by atoms with van der Waals surface area (Å²) in [5.74, 6) is 1.26. The van der Waals surface area contributed by atoms with Crippen molar-refractivity contribution in [2.45, 2.75) is 19.4 Å². The number of anilines is 2. The molecule has 1 fully saturated rings. The van der Waals surface area contributed by atoms with E-state index in [2.05, 4.69) is 10.6 Å². The van der Waals surface area contributed by atoms with Crippen LogP contribution in [0.4, 0.5) is 11.4 Å². The van der Waals surface area contributed by atoms with E-state index < -0.39 is 0 Å². The van der Waals surface area contributed by atoms with E-state index in [0.29, 0.717) is 6.54 Å². The molecule has 1 aliphatic rings. The lowest BCUT2D eigenvalue weighted by Gasteiger charge is -2.07. The van der Waals surface area contributed by atoms with E-state index in [4.69, 9.17) is 4.42 Å². The van der Waals surface area contributed by atoms with Crippen LogP contribution in [0.5, 0.6) is 0 Å². The molecule has 0 spiro atoms. The number of furan rings is 1.